The van der Waals surface area contributed by atoms with Crippen molar-refractivity contribution in [2.75, 3.05) is 18.9 Å². The lowest BCUT2D eigenvalue weighted by atomic mass is 10.1. The molecule has 0 fully saturated rings. The van der Waals surface area contributed by atoms with E-state index in [9.17, 15) is 27.2 Å². The molecule has 0 heterocycles. The molecule has 27 heavy (non-hydrogen) atoms. The second kappa shape index (κ2) is 8.48. The third-order valence-electron chi connectivity index (χ3n) is 3.52. The van der Waals surface area contributed by atoms with E-state index in [0.717, 1.165) is 23.1 Å². The van der Waals surface area contributed by atoms with Gasteiger partial charge >= 0.3 is 6.18 Å². The number of benzene rings is 2. The first-order valence-electron chi connectivity index (χ1n) is 7.81. The third-order valence-corrected chi connectivity index (χ3v) is 3.52. The Balaban J connectivity index is 1.94. The zero-order valence-corrected chi connectivity index (χ0v) is 14.3. The van der Waals surface area contributed by atoms with Gasteiger partial charge in [-0.15, -0.1) is 0 Å². The monoisotopic (exact) mass is 380 g/mol. The highest BCUT2D eigenvalue weighted by Crippen LogP contribution is 2.29. The van der Waals surface area contributed by atoms with Crippen LogP contribution in [0.25, 0.3) is 6.08 Å². The van der Waals surface area contributed by atoms with Crippen LogP contribution in [0.4, 0.5) is 23.2 Å². The van der Waals surface area contributed by atoms with Crippen LogP contribution in [0.1, 0.15) is 11.1 Å². The average Bonchev–Trinajstić information content (AvgIpc) is 2.61. The van der Waals surface area contributed by atoms with E-state index < -0.39 is 29.4 Å². The molecule has 2 aromatic rings. The quantitative estimate of drug-likeness (QED) is 0.631. The van der Waals surface area contributed by atoms with Crippen LogP contribution >= 0.6 is 0 Å². The summed E-state index contributed by atoms with van der Waals surface area (Å²) < 4.78 is 50.8. The van der Waals surface area contributed by atoms with Crippen molar-refractivity contribution in [3.63, 3.8) is 0 Å². The molecule has 0 unspecified atom stereocenters. The van der Waals surface area contributed by atoms with Gasteiger partial charge in [0.15, 0.2) is 0 Å². The van der Waals surface area contributed by atoms with E-state index in [1.807, 2.05) is 0 Å². The number of carbonyl (C=O) groups is 2. The molecule has 0 saturated carbocycles. The summed E-state index contributed by atoms with van der Waals surface area (Å²) in [6.07, 6.45) is -2.14. The lowest BCUT2D eigenvalue weighted by Crippen LogP contribution is -2.33. The summed E-state index contributed by atoms with van der Waals surface area (Å²) in [4.78, 5) is 25.0. The number of hydrogen-bond acceptors (Lipinski definition) is 2. The van der Waals surface area contributed by atoms with E-state index in [1.165, 1.54) is 49.5 Å². The molecule has 2 amide bonds. The molecule has 0 aromatic heterocycles. The van der Waals surface area contributed by atoms with E-state index in [-0.39, 0.29) is 12.1 Å². The lowest BCUT2D eigenvalue weighted by molar-refractivity contribution is -0.137. The van der Waals surface area contributed by atoms with Crippen molar-refractivity contribution in [1.29, 1.82) is 0 Å². The van der Waals surface area contributed by atoms with Crippen molar-refractivity contribution in [2.45, 2.75) is 6.18 Å². The Kier molecular flexibility index (Phi) is 6.33. The number of nitrogens with zero attached hydrogens (tertiary/aromatic N) is 1. The minimum absolute atomic E-state index is 0.210. The maximum Gasteiger partial charge on any atom is 0.416 e. The molecule has 0 atom stereocenters. The number of amides is 2. The second-order valence-corrected chi connectivity index (χ2v) is 5.71. The van der Waals surface area contributed by atoms with Gasteiger partial charge in [0.05, 0.1) is 12.1 Å². The summed E-state index contributed by atoms with van der Waals surface area (Å²) in [5, 5.41) is 2.50. The van der Waals surface area contributed by atoms with Gasteiger partial charge in [0.2, 0.25) is 11.8 Å². The Hall–Kier alpha value is -3.16. The average molecular weight is 380 g/mol. The molecule has 0 aliphatic rings. The molecular weight excluding hydrogens is 364 g/mol. The van der Waals surface area contributed by atoms with Gasteiger partial charge in [-0.25, -0.2) is 4.39 Å². The van der Waals surface area contributed by atoms with Gasteiger partial charge < -0.3 is 10.2 Å². The first-order valence-corrected chi connectivity index (χ1v) is 7.81. The molecule has 2 aromatic carbocycles. The fraction of sp³-hybridized carbons (Fsp3) is 0.158. The summed E-state index contributed by atoms with van der Waals surface area (Å²) in [6, 6.07) is 9.65. The van der Waals surface area contributed by atoms with Crippen LogP contribution in [0.15, 0.2) is 54.6 Å². The molecule has 4 nitrogen and oxygen atoms in total. The number of hydrogen-bond donors (Lipinski definition) is 1. The van der Waals surface area contributed by atoms with E-state index in [4.69, 9.17) is 0 Å². The molecule has 0 radical (unpaired) electrons. The first-order chi connectivity index (χ1) is 12.6. The minimum Gasteiger partial charge on any atom is -0.333 e. The number of halogens is 4. The van der Waals surface area contributed by atoms with Gasteiger partial charge in [0.25, 0.3) is 0 Å². The summed E-state index contributed by atoms with van der Waals surface area (Å²) in [5.74, 6) is -1.49. The van der Waals surface area contributed by atoms with Gasteiger partial charge in [-0.3, -0.25) is 9.59 Å². The maximum atomic E-state index is 12.8. The molecule has 142 valence electrons. The number of anilines is 1. The SMILES string of the molecule is CN(CC(=O)Nc1ccc(F)cc1)C(=O)/C=C/c1cccc(C(F)(F)F)c1. The van der Waals surface area contributed by atoms with Crippen LogP contribution in [0.5, 0.6) is 0 Å². The largest absolute Gasteiger partial charge is 0.416 e. The molecule has 0 aliphatic carbocycles. The predicted molar refractivity (Wildman–Crippen MR) is 93.1 cm³/mol. The van der Waals surface area contributed by atoms with Crippen molar-refractivity contribution < 1.29 is 27.2 Å². The number of rotatable bonds is 5. The summed E-state index contributed by atoms with van der Waals surface area (Å²) in [7, 11) is 1.38. The summed E-state index contributed by atoms with van der Waals surface area (Å²) in [6.45, 7) is -0.275. The van der Waals surface area contributed by atoms with E-state index in [0.29, 0.717) is 5.69 Å². The Labute approximate surface area is 153 Å². The Bertz CT molecular complexity index is 846. The number of nitrogens with one attached hydrogen (secondary N) is 1. The molecule has 0 bridgehead atoms. The highest BCUT2D eigenvalue weighted by atomic mass is 19.4. The topological polar surface area (TPSA) is 49.4 Å². The zero-order valence-electron chi connectivity index (χ0n) is 14.3. The smallest absolute Gasteiger partial charge is 0.333 e. The fourth-order valence-corrected chi connectivity index (χ4v) is 2.14. The number of alkyl halides is 3. The number of likely N-dealkylation sites (N-methyl/N-ethyl adjacent to an activating group) is 1. The zero-order chi connectivity index (χ0) is 20.0. The van der Waals surface area contributed by atoms with Crippen molar-refractivity contribution in [2.24, 2.45) is 0 Å². The highest BCUT2D eigenvalue weighted by Gasteiger charge is 2.30. The molecule has 2 rings (SSSR count). The molecular formula is C19H16F4N2O2. The first kappa shape index (κ1) is 20.2. The molecule has 1 N–H and O–H groups in total. The second-order valence-electron chi connectivity index (χ2n) is 5.71. The van der Waals surface area contributed by atoms with Crippen molar-refractivity contribution in [1.82, 2.24) is 4.90 Å². The van der Waals surface area contributed by atoms with Crippen LogP contribution in [0, 0.1) is 5.82 Å². The summed E-state index contributed by atoms with van der Waals surface area (Å²) >= 11 is 0. The Morgan fingerprint density at radius 2 is 1.78 bits per heavy atom. The van der Waals surface area contributed by atoms with E-state index in [2.05, 4.69) is 5.32 Å². The van der Waals surface area contributed by atoms with Crippen molar-refractivity contribution in [3.05, 3.63) is 71.6 Å². The number of carbonyl (C=O) groups excluding carboxylic acids is 2. The van der Waals surface area contributed by atoms with Gasteiger partial charge in [-0.05, 0) is 48.0 Å². The van der Waals surface area contributed by atoms with Crippen LogP contribution in [-0.4, -0.2) is 30.3 Å². The van der Waals surface area contributed by atoms with Gasteiger partial charge in [0.1, 0.15) is 5.82 Å². The maximum absolute atomic E-state index is 12.8. The molecule has 8 heteroatoms. The van der Waals surface area contributed by atoms with E-state index >= 15 is 0 Å². The van der Waals surface area contributed by atoms with Crippen LogP contribution in [0.2, 0.25) is 0 Å². The highest BCUT2D eigenvalue weighted by molar-refractivity contribution is 5.97. The third kappa shape index (κ3) is 6.25. The fourth-order valence-electron chi connectivity index (χ4n) is 2.14. The van der Waals surface area contributed by atoms with E-state index in [1.54, 1.807) is 0 Å². The van der Waals surface area contributed by atoms with Crippen LogP contribution < -0.4 is 5.32 Å². The lowest BCUT2D eigenvalue weighted by Gasteiger charge is -2.15. The van der Waals surface area contributed by atoms with Gasteiger partial charge in [-0.1, -0.05) is 12.1 Å². The van der Waals surface area contributed by atoms with Gasteiger partial charge in [-0.2, -0.15) is 13.2 Å². The Morgan fingerprint density at radius 1 is 1.11 bits per heavy atom. The standard InChI is InChI=1S/C19H16F4N2O2/c1-25(12-17(26)24-16-8-6-15(20)7-9-16)18(27)10-5-13-3-2-4-14(11-13)19(21,22)23/h2-11H,12H2,1H3,(H,24,26)/b10-5+. The van der Waals surface area contributed by atoms with Crippen LogP contribution in [-0.2, 0) is 15.8 Å². The molecule has 0 spiro atoms. The van der Waals surface area contributed by atoms with Crippen LogP contribution in [0.3, 0.4) is 0 Å². The van der Waals surface area contributed by atoms with Gasteiger partial charge in [0, 0.05) is 18.8 Å². The molecule has 0 aliphatic heterocycles. The minimum atomic E-state index is -4.47. The predicted octanol–water partition coefficient (Wildman–Crippen LogP) is 3.95. The van der Waals surface area contributed by atoms with Crippen molar-refractivity contribution >= 4 is 23.6 Å². The Morgan fingerprint density at radius 3 is 2.41 bits per heavy atom. The van der Waals surface area contributed by atoms with Crippen molar-refractivity contribution in [3.8, 4) is 0 Å². The summed E-state index contributed by atoms with van der Waals surface area (Å²) in [5.41, 5.74) is -0.228. The molecule has 0 saturated heterocycles. The normalized spacial score (nSPS) is 11.4.